The Morgan fingerprint density at radius 1 is 1.15 bits per heavy atom. The normalized spacial score (nSPS) is 18.0. The van der Waals surface area contributed by atoms with Gasteiger partial charge in [0, 0.05) is 5.56 Å². The Morgan fingerprint density at radius 2 is 1.85 bits per heavy atom. The number of nitrogens with one attached hydrogen (secondary N) is 1. The van der Waals surface area contributed by atoms with E-state index in [1.807, 2.05) is 41.2 Å². The number of benzene rings is 2. The van der Waals surface area contributed by atoms with Gasteiger partial charge in [-0.05, 0) is 42.5 Å². The van der Waals surface area contributed by atoms with E-state index in [2.05, 4.69) is 24.3 Å². The van der Waals surface area contributed by atoms with Crippen LogP contribution in [0.3, 0.4) is 0 Å². The molecule has 0 saturated carbocycles. The first-order chi connectivity index (χ1) is 12.9. The Morgan fingerprint density at radius 3 is 2.59 bits per heavy atom. The van der Waals surface area contributed by atoms with Crippen molar-refractivity contribution in [1.29, 1.82) is 0 Å². The van der Waals surface area contributed by atoms with Gasteiger partial charge in [-0.25, -0.2) is 9.07 Å². The molecule has 4 rings (SSSR count). The Balaban J connectivity index is 1.69. The third kappa shape index (κ3) is 3.37. The summed E-state index contributed by atoms with van der Waals surface area (Å²) in [4.78, 5) is 12.7. The largest absolute Gasteiger partial charge is 0.345 e. The molecule has 2 aromatic carbocycles. The molecule has 5 heteroatoms. The fourth-order valence-electron chi connectivity index (χ4n) is 3.84. The average Bonchev–Trinajstić information content (AvgIpc) is 3.05. The molecule has 1 heterocycles. The molecule has 3 aromatic rings. The third-order valence-electron chi connectivity index (χ3n) is 5.10. The number of carbonyl (C=O) groups excluding carboxylic acids is 1. The van der Waals surface area contributed by atoms with Gasteiger partial charge in [0.15, 0.2) is 0 Å². The summed E-state index contributed by atoms with van der Waals surface area (Å²) in [6.45, 7) is 4.36. The molecule has 0 radical (unpaired) electrons. The van der Waals surface area contributed by atoms with E-state index in [4.69, 9.17) is 0 Å². The van der Waals surface area contributed by atoms with Crippen molar-refractivity contribution in [3.8, 4) is 5.69 Å². The van der Waals surface area contributed by atoms with Gasteiger partial charge >= 0.3 is 0 Å². The summed E-state index contributed by atoms with van der Waals surface area (Å²) >= 11 is 0. The predicted molar refractivity (Wildman–Crippen MR) is 102 cm³/mol. The van der Waals surface area contributed by atoms with E-state index >= 15 is 0 Å². The van der Waals surface area contributed by atoms with E-state index in [0.717, 1.165) is 29.8 Å². The number of nitrogens with zero attached hydrogens (tertiary/aromatic N) is 2. The lowest BCUT2D eigenvalue weighted by atomic mass is 9.74. The van der Waals surface area contributed by atoms with Gasteiger partial charge in [0.2, 0.25) is 0 Å². The molecule has 1 N–H and O–H groups in total. The number of para-hydroxylation sites is 1. The second-order valence-corrected chi connectivity index (χ2v) is 7.84. The van der Waals surface area contributed by atoms with E-state index in [9.17, 15) is 9.18 Å². The van der Waals surface area contributed by atoms with Crippen molar-refractivity contribution in [1.82, 2.24) is 15.1 Å². The van der Waals surface area contributed by atoms with Crippen molar-refractivity contribution in [3.63, 3.8) is 0 Å². The predicted octanol–water partition coefficient (Wildman–Crippen LogP) is 4.45. The van der Waals surface area contributed by atoms with Crippen LogP contribution >= 0.6 is 0 Å². The van der Waals surface area contributed by atoms with Crippen molar-refractivity contribution in [2.24, 2.45) is 5.41 Å². The molecule has 0 bridgehead atoms. The lowest BCUT2D eigenvalue weighted by Crippen LogP contribution is -2.37. The molecule has 0 aliphatic heterocycles. The van der Waals surface area contributed by atoms with E-state index in [1.54, 1.807) is 12.1 Å². The Labute approximate surface area is 158 Å². The van der Waals surface area contributed by atoms with Crippen LogP contribution in [-0.2, 0) is 6.42 Å². The van der Waals surface area contributed by atoms with E-state index in [-0.39, 0.29) is 17.0 Å². The zero-order valence-electron chi connectivity index (χ0n) is 15.4. The molecule has 1 aromatic heterocycles. The topological polar surface area (TPSA) is 46.9 Å². The minimum atomic E-state index is -0.509. The summed E-state index contributed by atoms with van der Waals surface area (Å²) in [6, 6.07) is 15.8. The van der Waals surface area contributed by atoms with Gasteiger partial charge < -0.3 is 5.32 Å². The number of hydrogen-bond donors (Lipinski definition) is 1. The number of fused-ring (bicyclic) bond motifs is 1. The molecular formula is C22H22FN3O. The third-order valence-corrected chi connectivity index (χ3v) is 5.10. The highest BCUT2D eigenvalue weighted by atomic mass is 19.1. The Hall–Kier alpha value is -2.95. The molecule has 1 aliphatic rings. The molecule has 27 heavy (non-hydrogen) atoms. The fourth-order valence-corrected chi connectivity index (χ4v) is 3.84. The zero-order chi connectivity index (χ0) is 19.0. The monoisotopic (exact) mass is 363 g/mol. The standard InChI is InChI=1S/C22H22FN3O/c1-22(2)12-19(25-21(27)16-10-6-7-11-18(16)23)17-14-24-26(20(17)13-22)15-8-4-3-5-9-15/h3-11,14,19H,12-13H2,1-2H3,(H,25,27). The van der Waals surface area contributed by atoms with Crippen molar-refractivity contribution in [3.05, 3.63) is 83.4 Å². The summed E-state index contributed by atoms with van der Waals surface area (Å²) < 4.78 is 15.9. The minimum Gasteiger partial charge on any atom is -0.345 e. The first-order valence-electron chi connectivity index (χ1n) is 9.12. The van der Waals surface area contributed by atoms with Gasteiger partial charge in [-0.1, -0.05) is 44.2 Å². The summed E-state index contributed by atoms with van der Waals surface area (Å²) in [5.41, 5.74) is 3.15. The van der Waals surface area contributed by atoms with E-state index in [0.29, 0.717) is 0 Å². The first kappa shape index (κ1) is 17.5. The maximum atomic E-state index is 14.0. The van der Waals surface area contributed by atoms with Crippen molar-refractivity contribution in [2.45, 2.75) is 32.7 Å². The van der Waals surface area contributed by atoms with Gasteiger partial charge in [-0.15, -0.1) is 0 Å². The molecular weight excluding hydrogens is 341 g/mol. The van der Waals surface area contributed by atoms with Crippen molar-refractivity contribution >= 4 is 5.91 Å². The van der Waals surface area contributed by atoms with Crippen molar-refractivity contribution in [2.75, 3.05) is 0 Å². The number of amides is 1. The van der Waals surface area contributed by atoms with Crippen LogP contribution in [0, 0.1) is 11.2 Å². The zero-order valence-corrected chi connectivity index (χ0v) is 15.4. The van der Waals surface area contributed by atoms with Crippen LogP contribution in [0.4, 0.5) is 4.39 Å². The molecule has 0 spiro atoms. The molecule has 138 valence electrons. The lowest BCUT2D eigenvalue weighted by Gasteiger charge is -2.36. The Kier molecular flexibility index (Phi) is 4.30. The van der Waals surface area contributed by atoms with Crippen LogP contribution in [0.25, 0.3) is 5.69 Å². The highest BCUT2D eigenvalue weighted by molar-refractivity contribution is 5.94. The first-order valence-corrected chi connectivity index (χ1v) is 9.12. The van der Waals surface area contributed by atoms with Crippen LogP contribution in [0.1, 0.15) is 47.9 Å². The number of hydrogen-bond acceptors (Lipinski definition) is 2. The van der Waals surface area contributed by atoms with Crippen LogP contribution < -0.4 is 5.32 Å². The molecule has 1 atom stereocenters. The van der Waals surface area contributed by atoms with Crippen LogP contribution in [0.5, 0.6) is 0 Å². The van der Waals surface area contributed by atoms with Gasteiger partial charge in [0.25, 0.3) is 5.91 Å². The number of carbonyl (C=O) groups is 1. The van der Waals surface area contributed by atoms with E-state index in [1.165, 1.54) is 12.1 Å². The lowest BCUT2D eigenvalue weighted by molar-refractivity contribution is 0.0915. The molecule has 1 unspecified atom stereocenters. The maximum absolute atomic E-state index is 14.0. The van der Waals surface area contributed by atoms with Crippen molar-refractivity contribution < 1.29 is 9.18 Å². The quantitative estimate of drug-likeness (QED) is 0.747. The van der Waals surface area contributed by atoms with Crippen LogP contribution in [0.15, 0.2) is 60.8 Å². The smallest absolute Gasteiger partial charge is 0.254 e. The molecule has 1 amide bonds. The summed E-state index contributed by atoms with van der Waals surface area (Å²) in [7, 11) is 0. The molecule has 0 saturated heterocycles. The summed E-state index contributed by atoms with van der Waals surface area (Å²) in [5.74, 6) is -0.903. The number of halogens is 1. The molecule has 1 aliphatic carbocycles. The van der Waals surface area contributed by atoms with Crippen LogP contribution in [-0.4, -0.2) is 15.7 Å². The Bertz CT molecular complexity index is 978. The molecule has 0 fully saturated rings. The fraction of sp³-hybridized carbons (Fsp3) is 0.273. The van der Waals surface area contributed by atoms with E-state index < -0.39 is 11.7 Å². The second-order valence-electron chi connectivity index (χ2n) is 7.84. The SMILES string of the molecule is CC1(C)Cc2c(cnn2-c2ccccc2)C(NC(=O)c2ccccc2F)C1. The number of aromatic nitrogens is 2. The van der Waals surface area contributed by atoms with Gasteiger partial charge in [0.1, 0.15) is 5.82 Å². The minimum absolute atomic E-state index is 0.00720. The maximum Gasteiger partial charge on any atom is 0.254 e. The average molecular weight is 363 g/mol. The highest BCUT2D eigenvalue weighted by Gasteiger charge is 2.36. The number of rotatable bonds is 3. The van der Waals surface area contributed by atoms with Crippen LogP contribution in [0.2, 0.25) is 0 Å². The highest BCUT2D eigenvalue weighted by Crippen LogP contribution is 2.41. The second kappa shape index (κ2) is 6.65. The van der Waals surface area contributed by atoms with Gasteiger partial charge in [-0.3, -0.25) is 4.79 Å². The summed E-state index contributed by atoms with van der Waals surface area (Å²) in [6.07, 6.45) is 3.47. The van der Waals surface area contributed by atoms with Gasteiger partial charge in [0.05, 0.1) is 29.2 Å². The summed E-state index contributed by atoms with van der Waals surface area (Å²) in [5, 5.41) is 7.59. The molecule has 4 nitrogen and oxygen atoms in total. The van der Waals surface area contributed by atoms with Gasteiger partial charge in [-0.2, -0.15) is 5.10 Å².